The third kappa shape index (κ3) is 4.86. The van der Waals surface area contributed by atoms with E-state index in [1.165, 1.54) is 14.2 Å². The Hall–Kier alpha value is -1.89. The Bertz CT molecular complexity index is 540. The van der Waals surface area contributed by atoms with Crippen molar-refractivity contribution in [2.75, 3.05) is 27.3 Å². The van der Waals surface area contributed by atoms with Crippen molar-refractivity contribution >= 4 is 33.8 Å². The highest BCUT2D eigenvalue weighted by molar-refractivity contribution is 9.10. The predicted molar refractivity (Wildman–Crippen MR) is 78.8 cm³/mol. The quantitative estimate of drug-likeness (QED) is 0.747. The second-order valence-electron chi connectivity index (χ2n) is 4.30. The molecule has 0 bridgehead atoms. The molecule has 0 saturated carbocycles. The summed E-state index contributed by atoms with van der Waals surface area (Å²) in [7, 11) is 2.43. The van der Waals surface area contributed by atoms with E-state index in [-0.39, 0.29) is 13.1 Å². The van der Waals surface area contributed by atoms with Crippen molar-refractivity contribution in [2.24, 2.45) is 0 Å². The van der Waals surface area contributed by atoms with Crippen molar-refractivity contribution in [1.82, 2.24) is 4.90 Å². The molecule has 0 saturated heterocycles. The summed E-state index contributed by atoms with van der Waals surface area (Å²) < 4.78 is 9.66. The van der Waals surface area contributed by atoms with E-state index in [0.717, 1.165) is 10.5 Å². The minimum absolute atomic E-state index is 0.329. The number of nitrogens with zero attached hydrogens (tertiary/aromatic N) is 1. The van der Waals surface area contributed by atoms with Crippen molar-refractivity contribution in [3.05, 3.63) is 33.8 Å². The number of carbonyl (C=O) groups excluding carboxylic acids is 3. The van der Waals surface area contributed by atoms with Gasteiger partial charge in [0.15, 0.2) is 0 Å². The summed E-state index contributed by atoms with van der Waals surface area (Å²) in [6, 6.07) is 5.18. The van der Waals surface area contributed by atoms with Gasteiger partial charge in [-0.3, -0.25) is 14.4 Å². The number of hydrogen-bond donors (Lipinski definition) is 0. The zero-order valence-corrected chi connectivity index (χ0v) is 13.6. The molecule has 0 aliphatic heterocycles. The van der Waals surface area contributed by atoms with Gasteiger partial charge in [-0.15, -0.1) is 0 Å². The van der Waals surface area contributed by atoms with E-state index >= 15 is 0 Å². The summed E-state index contributed by atoms with van der Waals surface area (Å²) in [5.41, 5.74) is 1.33. The van der Waals surface area contributed by atoms with Gasteiger partial charge in [0.2, 0.25) is 0 Å². The van der Waals surface area contributed by atoms with Crippen molar-refractivity contribution in [3.63, 3.8) is 0 Å². The minimum atomic E-state index is -0.615. The van der Waals surface area contributed by atoms with Gasteiger partial charge >= 0.3 is 11.9 Å². The van der Waals surface area contributed by atoms with Crippen LogP contribution < -0.4 is 0 Å². The SMILES string of the molecule is COC(=O)CN(CC(=O)OC)C(=O)c1ccc(C)cc1Br. The molecule has 7 heteroatoms. The summed E-state index contributed by atoms with van der Waals surface area (Å²) in [6.07, 6.45) is 0. The maximum atomic E-state index is 12.5. The lowest BCUT2D eigenvalue weighted by Gasteiger charge is -2.20. The molecule has 21 heavy (non-hydrogen) atoms. The summed E-state index contributed by atoms with van der Waals surface area (Å²) >= 11 is 3.30. The molecule has 1 amide bonds. The van der Waals surface area contributed by atoms with Crippen LogP contribution >= 0.6 is 15.9 Å². The maximum Gasteiger partial charge on any atom is 0.325 e. The van der Waals surface area contributed by atoms with E-state index in [4.69, 9.17) is 0 Å². The molecule has 1 aromatic rings. The number of esters is 2. The molecule has 0 unspecified atom stereocenters. The second kappa shape index (κ2) is 7.78. The van der Waals surface area contributed by atoms with Crippen LogP contribution in [0, 0.1) is 6.92 Å². The van der Waals surface area contributed by atoms with Crippen LogP contribution in [0.25, 0.3) is 0 Å². The number of carbonyl (C=O) groups is 3. The van der Waals surface area contributed by atoms with Gasteiger partial charge in [0, 0.05) is 4.47 Å². The van der Waals surface area contributed by atoms with E-state index in [1.54, 1.807) is 18.2 Å². The molecule has 1 aromatic carbocycles. The Morgan fingerprint density at radius 2 is 1.62 bits per heavy atom. The van der Waals surface area contributed by atoms with Crippen LogP contribution in [0.15, 0.2) is 22.7 Å². The van der Waals surface area contributed by atoms with Crippen molar-refractivity contribution < 1.29 is 23.9 Å². The fourth-order valence-electron chi connectivity index (χ4n) is 1.60. The Labute approximate surface area is 131 Å². The second-order valence-corrected chi connectivity index (χ2v) is 5.15. The number of methoxy groups -OCH3 is 2. The van der Waals surface area contributed by atoms with Gasteiger partial charge in [0.25, 0.3) is 5.91 Å². The monoisotopic (exact) mass is 357 g/mol. The fourth-order valence-corrected chi connectivity index (χ4v) is 2.27. The number of halogens is 1. The van der Waals surface area contributed by atoms with Gasteiger partial charge in [-0.2, -0.15) is 0 Å². The summed E-state index contributed by atoms with van der Waals surface area (Å²) in [5.74, 6) is -1.69. The third-order valence-electron chi connectivity index (χ3n) is 2.74. The normalized spacial score (nSPS) is 9.90. The fraction of sp³-hybridized carbons (Fsp3) is 0.357. The van der Waals surface area contributed by atoms with Crippen molar-refractivity contribution in [2.45, 2.75) is 6.92 Å². The Morgan fingerprint density at radius 3 is 2.05 bits per heavy atom. The largest absolute Gasteiger partial charge is 0.468 e. The molecule has 0 aliphatic carbocycles. The lowest BCUT2D eigenvalue weighted by Crippen LogP contribution is -2.40. The molecular formula is C14H16BrNO5. The van der Waals surface area contributed by atoms with Gasteiger partial charge in [-0.05, 0) is 40.5 Å². The van der Waals surface area contributed by atoms with E-state index < -0.39 is 17.8 Å². The number of amides is 1. The number of hydrogen-bond acceptors (Lipinski definition) is 5. The number of rotatable bonds is 5. The molecule has 1 rings (SSSR count). The molecule has 0 atom stereocenters. The minimum Gasteiger partial charge on any atom is -0.468 e. The standard InChI is InChI=1S/C14H16BrNO5/c1-9-4-5-10(11(15)6-9)14(19)16(7-12(17)20-2)8-13(18)21-3/h4-6H,7-8H2,1-3H3. The highest BCUT2D eigenvalue weighted by atomic mass is 79.9. The van der Waals surface area contributed by atoms with Gasteiger partial charge in [0.05, 0.1) is 19.8 Å². The smallest absolute Gasteiger partial charge is 0.325 e. The number of aryl methyl sites for hydroxylation is 1. The predicted octanol–water partition coefficient (Wildman–Crippen LogP) is 1.55. The summed E-state index contributed by atoms with van der Waals surface area (Å²) in [6.45, 7) is 1.23. The molecule has 0 aliphatic rings. The van der Waals surface area contributed by atoms with E-state index in [2.05, 4.69) is 25.4 Å². The van der Waals surface area contributed by atoms with Gasteiger partial charge < -0.3 is 14.4 Å². The molecule has 0 aromatic heterocycles. The summed E-state index contributed by atoms with van der Waals surface area (Å²) in [4.78, 5) is 36.3. The Balaban J connectivity index is 3.02. The van der Waals surface area contributed by atoms with Crippen LogP contribution in [0.2, 0.25) is 0 Å². The molecule has 0 fully saturated rings. The molecule has 0 N–H and O–H groups in total. The average molecular weight is 358 g/mol. The van der Waals surface area contributed by atoms with Crippen LogP contribution in [0.4, 0.5) is 0 Å². The van der Waals surface area contributed by atoms with Crippen LogP contribution in [0.1, 0.15) is 15.9 Å². The maximum absolute atomic E-state index is 12.5. The zero-order chi connectivity index (χ0) is 16.0. The van der Waals surface area contributed by atoms with Crippen LogP contribution in [-0.4, -0.2) is 50.1 Å². The Morgan fingerprint density at radius 1 is 1.10 bits per heavy atom. The van der Waals surface area contributed by atoms with Crippen LogP contribution in [0.3, 0.4) is 0 Å². The van der Waals surface area contributed by atoms with E-state index in [0.29, 0.717) is 10.0 Å². The number of ether oxygens (including phenoxy) is 2. The number of benzene rings is 1. The molecule has 0 spiro atoms. The topological polar surface area (TPSA) is 72.9 Å². The molecule has 114 valence electrons. The highest BCUT2D eigenvalue weighted by Gasteiger charge is 2.23. The lowest BCUT2D eigenvalue weighted by molar-refractivity contribution is -0.144. The molecule has 6 nitrogen and oxygen atoms in total. The third-order valence-corrected chi connectivity index (χ3v) is 3.39. The van der Waals surface area contributed by atoms with Gasteiger partial charge in [0.1, 0.15) is 13.1 Å². The molecule has 0 heterocycles. The first kappa shape index (κ1) is 17.2. The average Bonchev–Trinajstić information content (AvgIpc) is 2.45. The first-order valence-electron chi connectivity index (χ1n) is 6.08. The van der Waals surface area contributed by atoms with Crippen LogP contribution in [0.5, 0.6) is 0 Å². The molecular weight excluding hydrogens is 342 g/mol. The first-order chi connectivity index (χ1) is 9.88. The summed E-state index contributed by atoms with van der Waals surface area (Å²) in [5, 5.41) is 0. The van der Waals surface area contributed by atoms with Crippen molar-refractivity contribution in [1.29, 1.82) is 0 Å². The van der Waals surface area contributed by atoms with Gasteiger partial charge in [-0.1, -0.05) is 6.07 Å². The molecule has 0 radical (unpaired) electrons. The zero-order valence-electron chi connectivity index (χ0n) is 12.0. The van der Waals surface area contributed by atoms with E-state index in [9.17, 15) is 14.4 Å². The highest BCUT2D eigenvalue weighted by Crippen LogP contribution is 2.20. The lowest BCUT2D eigenvalue weighted by atomic mass is 10.1. The van der Waals surface area contributed by atoms with E-state index in [1.807, 2.05) is 6.92 Å². The van der Waals surface area contributed by atoms with Crippen LogP contribution in [-0.2, 0) is 19.1 Å². The van der Waals surface area contributed by atoms with Crippen molar-refractivity contribution in [3.8, 4) is 0 Å². The van der Waals surface area contributed by atoms with Gasteiger partial charge in [-0.25, -0.2) is 0 Å². The Kier molecular flexibility index (Phi) is 6.36. The first-order valence-corrected chi connectivity index (χ1v) is 6.87.